The molecule has 0 unspecified atom stereocenters. The van der Waals surface area contributed by atoms with E-state index in [1.165, 1.54) is 18.2 Å². The molecule has 0 aliphatic carbocycles. The molecule has 4 nitrogen and oxygen atoms in total. The van der Waals surface area contributed by atoms with Crippen LogP contribution in [0.4, 0.5) is 0 Å². The number of nitrogens with zero attached hydrogens (tertiary/aromatic N) is 2. The Morgan fingerprint density at radius 1 is 1.21 bits per heavy atom. The summed E-state index contributed by atoms with van der Waals surface area (Å²) >= 11 is 6.74. The van der Waals surface area contributed by atoms with E-state index < -0.39 is 0 Å². The molecule has 0 atom stereocenters. The molecule has 72 valence electrons. The fourth-order valence-electron chi connectivity index (χ4n) is 1.01. The molecule has 6 heteroatoms. The first-order valence-electron chi connectivity index (χ1n) is 3.68. The summed E-state index contributed by atoms with van der Waals surface area (Å²) in [4.78, 5) is 0. The van der Waals surface area contributed by atoms with Gasteiger partial charge in [-0.05, 0) is 29.8 Å². The summed E-state index contributed by atoms with van der Waals surface area (Å²) < 4.78 is 0.294. The Morgan fingerprint density at radius 3 is 2.64 bits per heavy atom. The zero-order chi connectivity index (χ0) is 10.1. The number of phenolic OH excluding ortho intramolecular Hbond substituents is 2. The molecule has 2 rings (SSSR count). The Labute approximate surface area is 88.4 Å². The van der Waals surface area contributed by atoms with E-state index in [2.05, 4.69) is 10.2 Å². The highest BCUT2D eigenvalue weighted by atomic mass is 35.5. The van der Waals surface area contributed by atoms with Crippen LogP contribution in [-0.2, 0) is 0 Å². The number of benzene rings is 1. The summed E-state index contributed by atoms with van der Waals surface area (Å²) in [7, 11) is 0. The Bertz CT molecular complexity index is 472. The van der Waals surface area contributed by atoms with Crippen LogP contribution in [0.1, 0.15) is 0 Å². The molecule has 0 amide bonds. The molecule has 2 aromatic rings. The SMILES string of the molecule is Oc1ccc(O)c(-c2nnc(Cl)s2)c1. The fourth-order valence-corrected chi connectivity index (χ4v) is 1.86. The van der Waals surface area contributed by atoms with E-state index in [0.29, 0.717) is 15.0 Å². The molecule has 1 aromatic heterocycles. The summed E-state index contributed by atoms with van der Waals surface area (Å²) in [6.45, 7) is 0. The van der Waals surface area contributed by atoms with Crippen molar-refractivity contribution < 1.29 is 10.2 Å². The second-order valence-electron chi connectivity index (χ2n) is 2.56. The Balaban J connectivity index is 2.55. The van der Waals surface area contributed by atoms with E-state index in [-0.39, 0.29) is 11.5 Å². The van der Waals surface area contributed by atoms with Gasteiger partial charge in [-0.15, -0.1) is 10.2 Å². The smallest absolute Gasteiger partial charge is 0.207 e. The van der Waals surface area contributed by atoms with Crippen molar-refractivity contribution in [3.63, 3.8) is 0 Å². The third kappa shape index (κ3) is 1.64. The summed E-state index contributed by atoms with van der Waals surface area (Å²) in [5.74, 6) is 0.0970. The van der Waals surface area contributed by atoms with Crippen LogP contribution in [0, 0.1) is 0 Å². The number of aromatic nitrogens is 2. The first-order valence-corrected chi connectivity index (χ1v) is 4.87. The van der Waals surface area contributed by atoms with Gasteiger partial charge >= 0.3 is 0 Å². The number of hydrogen-bond acceptors (Lipinski definition) is 5. The highest BCUT2D eigenvalue weighted by Crippen LogP contribution is 2.34. The van der Waals surface area contributed by atoms with Crippen LogP contribution in [0.25, 0.3) is 10.6 Å². The molecule has 14 heavy (non-hydrogen) atoms. The van der Waals surface area contributed by atoms with Gasteiger partial charge in [-0.1, -0.05) is 11.3 Å². The summed E-state index contributed by atoms with van der Waals surface area (Å²) in [5, 5.41) is 26.5. The highest BCUT2D eigenvalue weighted by molar-refractivity contribution is 7.18. The Kier molecular flexibility index (Phi) is 2.26. The predicted molar refractivity (Wildman–Crippen MR) is 53.7 cm³/mol. The van der Waals surface area contributed by atoms with E-state index in [9.17, 15) is 10.2 Å². The van der Waals surface area contributed by atoms with Crippen molar-refractivity contribution in [1.82, 2.24) is 10.2 Å². The summed E-state index contributed by atoms with van der Waals surface area (Å²) in [6.07, 6.45) is 0. The highest BCUT2D eigenvalue weighted by Gasteiger charge is 2.10. The third-order valence-electron chi connectivity index (χ3n) is 1.61. The minimum atomic E-state index is 0.0376. The standard InChI is InChI=1S/C8H5ClN2O2S/c9-8-11-10-7(14-8)5-3-4(12)1-2-6(5)13/h1-3,12-13H. The lowest BCUT2D eigenvalue weighted by Gasteiger charge is -1.99. The van der Waals surface area contributed by atoms with Gasteiger partial charge in [0, 0.05) is 0 Å². The summed E-state index contributed by atoms with van der Waals surface area (Å²) in [5.41, 5.74) is 0.425. The topological polar surface area (TPSA) is 66.2 Å². The largest absolute Gasteiger partial charge is 0.508 e. The molecule has 0 bridgehead atoms. The quantitative estimate of drug-likeness (QED) is 0.735. The van der Waals surface area contributed by atoms with Gasteiger partial charge in [0.15, 0.2) is 5.01 Å². The monoisotopic (exact) mass is 228 g/mol. The molecule has 0 saturated heterocycles. The van der Waals surface area contributed by atoms with Crippen molar-refractivity contribution in [1.29, 1.82) is 0 Å². The molecular weight excluding hydrogens is 224 g/mol. The number of rotatable bonds is 1. The molecule has 0 spiro atoms. The summed E-state index contributed by atoms with van der Waals surface area (Å²) in [6, 6.07) is 4.19. The minimum absolute atomic E-state index is 0.0376. The first-order chi connectivity index (χ1) is 6.66. The molecule has 1 aromatic carbocycles. The van der Waals surface area contributed by atoms with Crippen molar-refractivity contribution in [3.8, 4) is 22.1 Å². The lowest BCUT2D eigenvalue weighted by Crippen LogP contribution is -1.78. The van der Waals surface area contributed by atoms with Crippen LogP contribution >= 0.6 is 22.9 Å². The van der Waals surface area contributed by atoms with Crippen molar-refractivity contribution in [2.75, 3.05) is 0 Å². The van der Waals surface area contributed by atoms with Crippen LogP contribution in [0.15, 0.2) is 18.2 Å². The minimum Gasteiger partial charge on any atom is -0.508 e. The van der Waals surface area contributed by atoms with Crippen LogP contribution in [0.5, 0.6) is 11.5 Å². The number of phenols is 2. The molecule has 0 radical (unpaired) electrons. The van der Waals surface area contributed by atoms with Crippen LogP contribution in [0.2, 0.25) is 4.47 Å². The number of hydrogen-bond donors (Lipinski definition) is 2. The average Bonchev–Trinajstić information content (AvgIpc) is 2.56. The van der Waals surface area contributed by atoms with E-state index in [0.717, 1.165) is 11.3 Å². The second-order valence-corrected chi connectivity index (χ2v) is 4.12. The van der Waals surface area contributed by atoms with E-state index in [4.69, 9.17) is 11.6 Å². The second kappa shape index (κ2) is 3.43. The average molecular weight is 229 g/mol. The molecular formula is C8H5ClN2O2S. The van der Waals surface area contributed by atoms with E-state index in [1.807, 2.05) is 0 Å². The van der Waals surface area contributed by atoms with Gasteiger partial charge in [0.1, 0.15) is 11.5 Å². The van der Waals surface area contributed by atoms with Gasteiger partial charge in [0.05, 0.1) is 5.56 Å². The van der Waals surface area contributed by atoms with E-state index in [1.54, 1.807) is 0 Å². The Hall–Kier alpha value is -1.33. The normalized spacial score (nSPS) is 10.4. The van der Waals surface area contributed by atoms with Gasteiger partial charge < -0.3 is 10.2 Å². The van der Waals surface area contributed by atoms with Gasteiger partial charge in [-0.3, -0.25) is 0 Å². The van der Waals surface area contributed by atoms with Gasteiger partial charge in [0.2, 0.25) is 4.47 Å². The number of halogens is 1. The molecule has 1 heterocycles. The van der Waals surface area contributed by atoms with Crippen molar-refractivity contribution in [2.24, 2.45) is 0 Å². The van der Waals surface area contributed by atoms with Gasteiger partial charge in [0.25, 0.3) is 0 Å². The lowest BCUT2D eigenvalue weighted by atomic mass is 10.2. The lowest BCUT2D eigenvalue weighted by molar-refractivity contribution is 0.462. The maximum Gasteiger partial charge on any atom is 0.207 e. The zero-order valence-electron chi connectivity index (χ0n) is 6.81. The van der Waals surface area contributed by atoms with Crippen molar-refractivity contribution in [2.45, 2.75) is 0 Å². The zero-order valence-corrected chi connectivity index (χ0v) is 8.38. The predicted octanol–water partition coefficient (Wildman–Crippen LogP) is 2.27. The van der Waals surface area contributed by atoms with E-state index >= 15 is 0 Å². The first kappa shape index (κ1) is 9.23. The van der Waals surface area contributed by atoms with Crippen molar-refractivity contribution in [3.05, 3.63) is 22.7 Å². The van der Waals surface area contributed by atoms with Crippen LogP contribution < -0.4 is 0 Å². The molecule has 0 fully saturated rings. The maximum atomic E-state index is 9.48. The van der Waals surface area contributed by atoms with Gasteiger partial charge in [-0.2, -0.15) is 0 Å². The Morgan fingerprint density at radius 2 is 2.00 bits per heavy atom. The number of aromatic hydroxyl groups is 2. The van der Waals surface area contributed by atoms with Gasteiger partial charge in [-0.25, -0.2) is 0 Å². The molecule has 0 aliphatic heterocycles. The van der Waals surface area contributed by atoms with Crippen LogP contribution in [-0.4, -0.2) is 20.4 Å². The van der Waals surface area contributed by atoms with Crippen LogP contribution in [0.3, 0.4) is 0 Å². The molecule has 2 N–H and O–H groups in total. The van der Waals surface area contributed by atoms with Crippen molar-refractivity contribution >= 4 is 22.9 Å². The maximum absolute atomic E-state index is 9.48. The fraction of sp³-hybridized carbons (Fsp3) is 0. The third-order valence-corrected chi connectivity index (χ3v) is 2.66. The molecule has 0 saturated carbocycles. The molecule has 0 aliphatic rings.